The van der Waals surface area contributed by atoms with Crippen LogP contribution in [0.1, 0.15) is 0 Å². The summed E-state index contributed by atoms with van der Waals surface area (Å²) in [5, 5.41) is 0. The number of hydrogen-bond acceptors (Lipinski definition) is 4. The van der Waals surface area contributed by atoms with Crippen LogP contribution in [-0.4, -0.2) is 14.2 Å². The molecule has 0 aliphatic carbocycles. The maximum absolute atomic E-state index is 13.4. The van der Waals surface area contributed by atoms with Crippen molar-refractivity contribution in [2.75, 3.05) is 20.0 Å². The Labute approximate surface area is 124 Å². The summed E-state index contributed by atoms with van der Waals surface area (Å²) in [5.74, 6) is 1.27. The molecule has 4 nitrogen and oxygen atoms in total. The largest absolute Gasteiger partial charge is 0.493 e. The average Bonchev–Trinajstić information content (AvgIpc) is 2.44. The minimum absolute atomic E-state index is 0.338. The molecule has 0 saturated carbocycles. The van der Waals surface area contributed by atoms with Gasteiger partial charge in [0.25, 0.3) is 0 Å². The molecule has 0 aliphatic rings. The molecule has 20 heavy (non-hydrogen) atoms. The lowest BCUT2D eigenvalue weighted by atomic mass is 10.2. The predicted molar refractivity (Wildman–Crippen MR) is 78.1 cm³/mol. The van der Waals surface area contributed by atoms with Gasteiger partial charge in [-0.15, -0.1) is 0 Å². The summed E-state index contributed by atoms with van der Waals surface area (Å²) in [7, 11) is 3.03. The fraction of sp³-hybridized carbons (Fsp3) is 0.143. The average molecular weight is 342 g/mol. The van der Waals surface area contributed by atoms with Gasteiger partial charge in [-0.05, 0) is 28.1 Å². The molecule has 2 aromatic rings. The first-order valence-corrected chi connectivity index (χ1v) is 6.49. The molecule has 6 heteroatoms. The van der Waals surface area contributed by atoms with Crippen molar-refractivity contribution >= 4 is 21.6 Å². The molecule has 0 aliphatic heterocycles. The Bertz CT molecular complexity index is 634. The van der Waals surface area contributed by atoms with E-state index in [4.69, 9.17) is 19.9 Å². The number of nitrogen functional groups attached to an aromatic ring is 1. The van der Waals surface area contributed by atoms with E-state index < -0.39 is 5.82 Å². The molecule has 0 unspecified atom stereocenters. The van der Waals surface area contributed by atoms with E-state index in [2.05, 4.69) is 15.9 Å². The Morgan fingerprint density at radius 2 is 1.65 bits per heavy atom. The van der Waals surface area contributed by atoms with Crippen LogP contribution in [0.25, 0.3) is 0 Å². The molecule has 0 saturated heterocycles. The first kappa shape index (κ1) is 14.5. The third-order valence-corrected chi connectivity index (χ3v) is 3.28. The van der Waals surface area contributed by atoms with Gasteiger partial charge >= 0.3 is 0 Å². The van der Waals surface area contributed by atoms with Crippen molar-refractivity contribution in [3.8, 4) is 23.0 Å². The van der Waals surface area contributed by atoms with E-state index in [1.165, 1.54) is 20.3 Å². The SMILES string of the molecule is COc1cc(N)c(Oc2ccc(Br)c(F)c2)cc1OC. The maximum Gasteiger partial charge on any atom is 0.164 e. The van der Waals surface area contributed by atoms with Gasteiger partial charge in [0.2, 0.25) is 0 Å². The van der Waals surface area contributed by atoms with Gasteiger partial charge in [0, 0.05) is 18.2 Å². The second kappa shape index (κ2) is 6.00. The summed E-state index contributed by atoms with van der Waals surface area (Å²) in [5.41, 5.74) is 6.24. The number of methoxy groups -OCH3 is 2. The van der Waals surface area contributed by atoms with Gasteiger partial charge in [0.05, 0.1) is 24.4 Å². The van der Waals surface area contributed by atoms with Gasteiger partial charge in [-0.2, -0.15) is 0 Å². The van der Waals surface area contributed by atoms with Crippen molar-refractivity contribution in [3.63, 3.8) is 0 Å². The molecule has 0 amide bonds. The zero-order chi connectivity index (χ0) is 14.7. The molecule has 0 aromatic heterocycles. The molecule has 0 atom stereocenters. The molecule has 0 fully saturated rings. The van der Waals surface area contributed by atoms with Crippen LogP contribution >= 0.6 is 15.9 Å². The molecule has 0 radical (unpaired) electrons. The first-order valence-electron chi connectivity index (χ1n) is 5.69. The number of nitrogens with two attached hydrogens (primary N) is 1. The van der Waals surface area contributed by atoms with E-state index in [-0.39, 0.29) is 0 Å². The van der Waals surface area contributed by atoms with Crippen molar-refractivity contribution in [3.05, 3.63) is 40.6 Å². The summed E-state index contributed by atoms with van der Waals surface area (Å²) in [6.45, 7) is 0. The lowest BCUT2D eigenvalue weighted by Gasteiger charge is -2.13. The number of anilines is 1. The van der Waals surface area contributed by atoms with Gasteiger partial charge in [-0.3, -0.25) is 0 Å². The van der Waals surface area contributed by atoms with Crippen molar-refractivity contribution in [1.82, 2.24) is 0 Å². The van der Waals surface area contributed by atoms with Crippen LogP contribution in [0, 0.1) is 5.82 Å². The van der Waals surface area contributed by atoms with Crippen LogP contribution in [0.5, 0.6) is 23.0 Å². The summed E-state index contributed by atoms with van der Waals surface area (Å²) >= 11 is 3.08. The zero-order valence-electron chi connectivity index (χ0n) is 10.9. The van der Waals surface area contributed by atoms with E-state index in [1.54, 1.807) is 24.3 Å². The third kappa shape index (κ3) is 2.96. The lowest BCUT2D eigenvalue weighted by Crippen LogP contribution is -1.97. The number of rotatable bonds is 4. The predicted octanol–water partition coefficient (Wildman–Crippen LogP) is 3.98. The van der Waals surface area contributed by atoms with E-state index in [0.29, 0.717) is 33.2 Å². The molecule has 2 aromatic carbocycles. The smallest absolute Gasteiger partial charge is 0.164 e. The minimum atomic E-state index is -0.415. The van der Waals surface area contributed by atoms with Crippen LogP contribution in [-0.2, 0) is 0 Å². The van der Waals surface area contributed by atoms with Crippen molar-refractivity contribution < 1.29 is 18.6 Å². The number of halogens is 2. The number of hydrogen-bond donors (Lipinski definition) is 1. The van der Waals surface area contributed by atoms with Crippen LogP contribution in [0.2, 0.25) is 0 Å². The Kier molecular flexibility index (Phi) is 4.34. The van der Waals surface area contributed by atoms with Crippen LogP contribution in [0.4, 0.5) is 10.1 Å². The van der Waals surface area contributed by atoms with Gasteiger partial charge in [-0.25, -0.2) is 4.39 Å². The number of benzene rings is 2. The molecule has 2 N–H and O–H groups in total. The Morgan fingerprint density at radius 3 is 2.25 bits per heavy atom. The van der Waals surface area contributed by atoms with E-state index in [1.807, 2.05) is 0 Å². The van der Waals surface area contributed by atoms with Gasteiger partial charge in [0.1, 0.15) is 11.6 Å². The second-order valence-electron chi connectivity index (χ2n) is 3.92. The van der Waals surface area contributed by atoms with E-state index in [9.17, 15) is 4.39 Å². The maximum atomic E-state index is 13.4. The Hall–Kier alpha value is -1.95. The first-order chi connectivity index (χ1) is 9.55. The fourth-order valence-corrected chi connectivity index (χ4v) is 1.88. The summed E-state index contributed by atoms with van der Waals surface area (Å²) < 4.78 is 29.7. The molecule has 0 spiro atoms. The Balaban J connectivity index is 2.35. The monoisotopic (exact) mass is 341 g/mol. The molecular formula is C14H13BrFNO3. The molecule has 106 valence electrons. The highest BCUT2D eigenvalue weighted by atomic mass is 79.9. The van der Waals surface area contributed by atoms with E-state index in [0.717, 1.165) is 0 Å². The summed E-state index contributed by atoms with van der Waals surface area (Å²) in [6, 6.07) is 7.63. The lowest BCUT2D eigenvalue weighted by molar-refractivity contribution is 0.352. The highest BCUT2D eigenvalue weighted by Crippen LogP contribution is 2.38. The molecule has 2 rings (SSSR count). The highest BCUT2D eigenvalue weighted by Gasteiger charge is 2.11. The van der Waals surface area contributed by atoms with Gasteiger partial charge in [-0.1, -0.05) is 0 Å². The zero-order valence-corrected chi connectivity index (χ0v) is 12.5. The van der Waals surface area contributed by atoms with E-state index >= 15 is 0 Å². The van der Waals surface area contributed by atoms with Crippen LogP contribution < -0.4 is 19.9 Å². The molecule has 0 bridgehead atoms. The van der Waals surface area contributed by atoms with Gasteiger partial charge in [0.15, 0.2) is 17.2 Å². The standard InChI is InChI=1S/C14H13BrFNO3/c1-18-13-6-11(17)12(7-14(13)19-2)20-8-3-4-9(15)10(16)5-8/h3-7H,17H2,1-2H3. The van der Waals surface area contributed by atoms with Gasteiger partial charge < -0.3 is 19.9 Å². The molecule has 0 heterocycles. The minimum Gasteiger partial charge on any atom is -0.493 e. The van der Waals surface area contributed by atoms with Crippen molar-refractivity contribution in [2.24, 2.45) is 0 Å². The van der Waals surface area contributed by atoms with Crippen LogP contribution in [0.15, 0.2) is 34.8 Å². The van der Waals surface area contributed by atoms with Crippen molar-refractivity contribution in [2.45, 2.75) is 0 Å². The fourth-order valence-electron chi connectivity index (χ4n) is 1.63. The molecular weight excluding hydrogens is 329 g/mol. The van der Waals surface area contributed by atoms with Crippen molar-refractivity contribution in [1.29, 1.82) is 0 Å². The third-order valence-electron chi connectivity index (χ3n) is 2.63. The summed E-state index contributed by atoms with van der Waals surface area (Å²) in [6.07, 6.45) is 0. The number of ether oxygens (including phenoxy) is 3. The quantitative estimate of drug-likeness (QED) is 0.854. The topological polar surface area (TPSA) is 53.7 Å². The normalized spacial score (nSPS) is 10.2. The Morgan fingerprint density at radius 1 is 1.00 bits per heavy atom. The second-order valence-corrected chi connectivity index (χ2v) is 4.78. The summed E-state index contributed by atoms with van der Waals surface area (Å²) in [4.78, 5) is 0. The highest BCUT2D eigenvalue weighted by molar-refractivity contribution is 9.10. The van der Waals surface area contributed by atoms with Crippen LogP contribution in [0.3, 0.4) is 0 Å².